The third-order valence-electron chi connectivity index (χ3n) is 5.15. The molecule has 0 fully saturated rings. The number of ether oxygens (including phenoxy) is 1. The molecule has 1 N–H and O–H groups in total. The Balaban J connectivity index is 1.66. The molecule has 0 saturated carbocycles. The van der Waals surface area contributed by atoms with Crippen LogP contribution >= 0.6 is 22.9 Å². The number of hydrogen-bond acceptors (Lipinski definition) is 6. The van der Waals surface area contributed by atoms with Crippen molar-refractivity contribution in [1.29, 1.82) is 5.26 Å². The van der Waals surface area contributed by atoms with Crippen LogP contribution in [0.1, 0.15) is 53.6 Å². The van der Waals surface area contributed by atoms with Gasteiger partial charge in [-0.2, -0.15) is 5.26 Å². The van der Waals surface area contributed by atoms with Crippen molar-refractivity contribution in [1.82, 2.24) is 4.98 Å². The first-order valence-corrected chi connectivity index (χ1v) is 10.5. The predicted molar refractivity (Wildman–Crippen MR) is 112 cm³/mol. The molecule has 0 saturated heterocycles. The number of carbonyl (C=O) groups excluding carboxylic acids is 2. The number of esters is 1. The van der Waals surface area contributed by atoms with Gasteiger partial charge in [0.05, 0.1) is 11.1 Å². The van der Waals surface area contributed by atoms with Crippen molar-refractivity contribution in [2.45, 2.75) is 40.0 Å². The molecule has 0 aromatic carbocycles. The number of nitriles is 1. The van der Waals surface area contributed by atoms with Gasteiger partial charge in [-0.05, 0) is 48.3 Å². The Hall–Kier alpha value is -2.43. The van der Waals surface area contributed by atoms with Crippen molar-refractivity contribution in [3.8, 4) is 6.07 Å². The third-order valence-corrected chi connectivity index (χ3v) is 6.53. The molecular weight excluding hydrogens is 410 g/mol. The number of rotatable bonds is 4. The van der Waals surface area contributed by atoms with Gasteiger partial charge in [0.1, 0.15) is 16.2 Å². The van der Waals surface area contributed by atoms with Gasteiger partial charge in [0.25, 0.3) is 5.91 Å². The standard InChI is InChI=1S/C21H22ClN3O3S/c1-21(2,3)13-4-5-14-15(10-23)19(29-16(14)9-13)25-18(26)11-28-20(27)12-6-7-24-17(22)8-12/h6-8,13H,4-5,9,11H2,1-3H3,(H,25,26). The second-order valence-corrected chi connectivity index (χ2v) is 9.61. The fraction of sp³-hybridized carbons (Fsp3) is 0.429. The van der Waals surface area contributed by atoms with E-state index in [0.717, 1.165) is 29.7 Å². The molecule has 3 rings (SSSR count). The summed E-state index contributed by atoms with van der Waals surface area (Å²) in [5.41, 5.74) is 1.98. The molecule has 0 bridgehead atoms. The fourth-order valence-corrected chi connectivity index (χ4v) is 4.91. The van der Waals surface area contributed by atoms with Crippen LogP contribution in [0.4, 0.5) is 5.00 Å². The number of carbonyl (C=O) groups is 2. The van der Waals surface area contributed by atoms with E-state index in [1.54, 1.807) is 0 Å². The van der Waals surface area contributed by atoms with Crippen LogP contribution in [0.3, 0.4) is 0 Å². The zero-order valence-electron chi connectivity index (χ0n) is 16.5. The Morgan fingerprint density at radius 1 is 1.45 bits per heavy atom. The normalized spacial score (nSPS) is 15.9. The Morgan fingerprint density at radius 3 is 2.86 bits per heavy atom. The van der Waals surface area contributed by atoms with Crippen molar-refractivity contribution < 1.29 is 14.3 Å². The molecular formula is C21H22ClN3O3S. The van der Waals surface area contributed by atoms with E-state index in [4.69, 9.17) is 16.3 Å². The van der Waals surface area contributed by atoms with Gasteiger partial charge in [0, 0.05) is 11.1 Å². The lowest BCUT2D eigenvalue weighted by molar-refractivity contribution is -0.119. The number of anilines is 1. The number of nitrogens with one attached hydrogen (secondary N) is 1. The first-order chi connectivity index (χ1) is 13.7. The van der Waals surface area contributed by atoms with E-state index >= 15 is 0 Å². The van der Waals surface area contributed by atoms with E-state index in [9.17, 15) is 14.9 Å². The minimum absolute atomic E-state index is 0.167. The average Bonchev–Trinajstić information content (AvgIpc) is 3.01. The van der Waals surface area contributed by atoms with Gasteiger partial charge in [0.2, 0.25) is 0 Å². The van der Waals surface area contributed by atoms with E-state index in [-0.39, 0.29) is 16.1 Å². The molecule has 152 valence electrons. The Labute approximate surface area is 178 Å². The van der Waals surface area contributed by atoms with Crippen molar-refractivity contribution >= 4 is 39.8 Å². The summed E-state index contributed by atoms with van der Waals surface area (Å²) in [7, 11) is 0. The number of halogens is 1. The summed E-state index contributed by atoms with van der Waals surface area (Å²) in [5, 5.41) is 13.0. The van der Waals surface area contributed by atoms with Gasteiger partial charge in [-0.15, -0.1) is 11.3 Å². The highest BCUT2D eigenvalue weighted by molar-refractivity contribution is 7.16. The minimum atomic E-state index is -0.663. The molecule has 0 spiro atoms. The summed E-state index contributed by atoms with van der Waals surface area (Å²) in [6, 6.07) is 5.05. The lowest BCUT2D eigenvalue weighted by Gasteiger charge is -2.33. The number of thiophene rings is 1. The van der Waals surface area contributed by atoms with E-state index in [1.807, 2.05) is 0 Å². The molecule has 1 aliphatic rings. The number of amides is 1. The molecule has 2 aromatic rings. The van der Waals surface area contributed by atoms with Gasteiger partial charge in [-0.3, -0.25) is 4.79 Å². The molecule has 0 aliphatic heterocycles. The Morgan fingerprint density at radius 2 is 2.21 bits per heavy atom. The highest BCUT2D eigenvalue weighted by Crippen LogP contribution is 2.43. The van der Waals surface area contributed by atoms with Gasteiger partial charge in [0.15, 0.2) is 6.61 Å². The zero-order valence-corrected chi connectivity index (χ0v) is 18.1. The van der Waals surface area contributed by atoms with Crippen molar-refractivity contribution in [3.05, 3.63) is 45.1 Å². The second-order valence-electron chi connectivity index (χ2n) is 8.12. The van der Waals surface area contributed by atoms with Crippen LogP contribution in [0.5, 0.6) is 0 Å². The van der Waals surface area contributed by atoms with Crippen LogP contribution in [0, 0.1) is 22.7 Å². The topological polar surface area (TPSA) is 92.1 Å². The molecule has 1 amide bonds. The third kappa shape index (κ3) is 4.95. The first kappa shape index (κ1) is 21.3. The lowest BCUT2D eigenvalue weighted by Crippen LogP contribution is -2.26. The quantitative estimate of drug-likeness (QED) is 0.563. The molecule has 0 radical (unpaired) electrons. The summed E-state index contributed by atoms with van der Waals surface area (Å²) >= 11 is 7.20. The molecule has 2 aromatic heterocycles. The van der Waals surface area contributed by atoms with E-state index in [1.165, 1.54) is 29.7 Å². The van der Waals surface area contributed by atoms with Gasteiger partial charge >= 0.3 is 5.97 Å². The Bertz CT molecular complexity index is 988. The highest BCUT2D eigenvalue weighted by atomic mass is 35.5. The molecule has 8 heteroatoms. The lowest BCUT2D eigenvalue weighted by atomic mass is 9.72. The molecule has 6 nitrogen and oxygen atoms in total. The van der Waals surface area contributed by atoms with Crippen LogP contribution < -0.4 is 5.32 Å². The molecule has 29 heavy (non-hydrogen) atoms. The predicted octanol–water partition coefficient (Wildman–Crippen LogP) is 4.61. The van der Waals surface area contributed by atoms with E-state index in [2.05, 4.69) is 37.1 Å². The minimum Gasteiger partial charge on any atom is -0.452 e. The van der Waals surface area contributed by atoms with Crippen LogP contribution in [-0.2, 0) is 22.4 Å². The van der Waals surface area contributed by atoms with Crippen molar-refractivity contribution in [2.24, 2.45) is 11.3 Å². The SMILES string of the molecule is CC(C)(C)C1CCc2c(sc(NC(=O)COC(=O)c3ccnc(Cl)c3)c2C#N)C1. The van der Waals surface area contributed by atoms with Gasteiger partial charge in [-0.25, -0.2) is 9.78 Å². The maximum absolute atomic E-state index is 12.3. The first-order valence-electron chi connectivity index (χ1n) is 9.32. The number of hydrogen-bond donors (Lipinski definition) is 1. The van der Waals surface area contributed by atoms with Gasteiger partial charge in [-0.1, -0.05) is 32.4 Å². The second kappa shape index (κ2) is 8.52. The van der Waals surface area contributed by atoms with Crippen molar-refractivity contribution in [3.63, 3.8) is 0 Å². The zero-order chi connectivity index (χ0) is 21.2. The number of aromatic nitrogens is 1. The average molecular weight is 432 g/mol. The van der Waals surface area contributed by atoms with Crippen molar-refractivity contribution in [2.75, 3.05) is 11.9 Å². The fourth-order valence-electron chi connectivity index (χ4n) is 3.44. The molecule has 1 atom stereocenters. The number of pyridine rings is 1. The summed E-state index contributed by atoms with van der Waals surface area (Å²) in [6.45, 7) is 6.24. The molecule has 2 heterocycles. The summed E-state index contributed by atoms with van der Waals surface area (Å²) in [5.74, 6) is -0.610. The maximum Gasteiger partial charge on any atom is 0.338 e. The summed E-state index contributed by atoms with van der Waals surface area (Å²) in [4.78, 5) is 29.3. The van der Waals surface area contributed by atoms with E-state index < -0.39 is 18.5 Å². The van der Waals surface area contributed by atoms with Gasteiger partial charge < -0.3 is 10.1 Å². The molecule has 1 unspecified atom stereocenters. The summed E-state index contributed by atoms with van der Waals surface area (Å²) in [6.07, 6.45) is 4.16. The van der Waals surface area contributed by atoms with E-state index in [0.29, 0.717) is 16.5 Å². The monoisotopic (exact) mass is 431 g/mol. The smallest absolute Gasteiger partial charge is 0.338 e. The van der Waals surface area contributed by atoms with Crippen LogP contribution in [-0.4, -0.2) is 23.5 Å². The summed E-state index contributed by atoms with van der Waals surface area (Å²) < 4.78 is 5.04. The highest BCUT2D eigenvalue weighted by Gasteiger charge is 2.32. The number of nitrogens with zero attached hydrogens (tertiary/aromatic N) is 2. The molecule has 1 aliphatic carbocycles. The largest absolute Gasteiger partial charge is 0.452 e. The van der Waals surface area contributed by atoms with Crippen LogP contribution in [0.25, 0.3) is 0 Å². The van der Waals surface area contributed by atoms with Crippen LogP contribution in [0.2, 0.25) is 5.15 Å². The Kier molecular flexibility index (Phi) is 6.25. The maximum atomic E-state index is 12.3. The number of fused-ring (bicyclic) bond motifs is 1. The van der Waals surface area contributed by atoms with Crippen LogP contribution in [0.15, 0.2) is 18.3 Å².